The molecule has 156 valence electrons. The molecule has 0 radical (unpaired) electrons. The summed E-state index contributed by atoms with van der Waals surface area (Å²) >= 11 is 6.68. The van der Waals surface area contributed by atoms with Crippen LogP contribution in [0.5, 0.6) is 5.75 Å². The van der Waals surface area contributed by atoms with Crippen molar-refractivity contribution in [3.8, 4) is 5.75 Å². The third kappa shape index (κ3) is 5.70. The van der Waals surface area contributed by atoms with E-state index in [0.29, 0.717) is 34.3 Å². The number of hydrogen-bond donors (Lipinski definition) is 1. The highest BCUT2D eigenvalue weighted by atomic mass is 32.2. The first-order valence-electron chi connectivity index (χ1n) is 9.78. The number of amides is 2. The third-order valence-electron chi connectivity index (χ3n) is 4.72. The lowest BCUT2D eigenvalue weighted by Gasteiger charge is -2.14. The molecule has 1 aliphatic heterocycles. The van der Waals surface area contributed by atoms with Crippen LogP contribution >= 0.6 is 24.0 Å². The molecule has 0 aliphatic carbocycles. The molecule has 7 heteroatoms. The molecule has 0 aromatic heterocycles. The van der Waals surface area contributed by atoms with E-state index < -0.39 is 0 Å². The Balaban J connectivity index is 1.51. The van der Waals surface area contributed by atoms with Crippen molar-refractivity contribution >= 4 is 51.9 Å². The quantitative estimate of drug-likeness (QED) is 0.468. The Bertz CT molecular complexity index is 953. The van der Waals surface area contributed by atoms with Crippen LogP contribution in [-0.2, 0) is 16.0 Å². The Labute approximate surface area is 186 Å². The van der Waals surface area contributed by atoms with Crippen LogP contribution < -0.4 is 10.1 Å². The fourth-order valence-electron chi connectivity index (χ4n) is 2.99. The van der Waals surface area contributed by atoms with Gasteiger partial charge in [0.25, 0.3) is 5.91 Å². The monoisotopic (exact) mass is 440 g/mol. The Morgan fingerprint density at radius 1 is 1.17 bits per heavy atom. The van der Waals surface area contributed by atoms with E-state index in [2.05, 4.69) is 24.4 Å². The second kappa shape index (κ2) is 10.4. The average molecular weight is 441 g/mol. The first kappa shape index (κ1) is 22.1. The van der Waals surface area contributed by atoms with E-state index >= 15 is 0 Å². The Morgan fingerprint density at radius 2 is 1.87 bits per heavy atom. The zero-order valence-corrected chi connectivity index (χ0v) is 18.6. The molecule has 1 aliphatic rings. The van der Waals surface area contributed by atoms with Gasteiger partial charge < -0.3 is 10.1 Å². The minimum atomic E-state index is -0.0998. The highest BCUT2D eigenvalue weighted by molar-refractivity contribution is 8.26. The molecule has 0 bridgehead atoms. The van der Waals surface area contributed by atoms with E-state index in [4.69, 9.17) is 17.0 Å². The number of nitrogens with one attached hydrogen (secondary N) is 1. The Morgan fingerprint density at radius 3 is 2.50 bits per heavy atom. The van der Waals surface area contributed by atoms with Gasteiger partial charge in [0.15, 0.2) is 0 Å². The molecule has 1 N–H and O–H groups in total. The maximum Gasteiger partial charge on any atom is 0.266 e. The molecule has 2 amide bonds. The van der Waals surface area contributed by atoms with Crippen molar-refractivity contribution in [3.63, 3.8) is 0 Å². The molecule has 0 unspecified atom stereocenters. The molecule has 1 saturated heterocycles. The largest absolute Gasteiger partial charge is 0.497 e. The molecule has 0 saturated carbocycles. The van der Waals surface area contributed by atoms with Crippen LogP contribution in [0.3, 0.4) is 0 Å². The molecule has 1 fully saturated rings. The number of carbonyl (C=O) groups is 2. The number of methoxy groups -OCH3 is 1. The molecule has 2 aromatic rings. The van der Waals surface area contributed by atoms with Gasteiger partial charge in [-0.15, -0.1) is 0 Å². The number of benzene rings is 2. The van der Waals surface area contributed by atoms with Crippen molar-refractivity contribution in [2.45, 2.75) is 26.2 Å². The first-order valence-corrected chi connectivity index (χ1v) is 11.0. The summed E-state index contributed by atoms with van der Waals surface area (Å²) in [4.78, 5) is 27.1. The predicted molar refractivity (Wildman–Crippen MR) is 127 cm³/mol. The van der Waals surface area contributed by atoms with Gasteiger partial charge in [0.1, 0.15) is 10.1 Å². The number of aryl methyl sites for hydroxylation is 1. The molecule has 5 nitrogen and oxygen atoms in total. The minimum Gasteiger partial charge on any atom is -0.497 e. The lowest BCUT2D eigenvalue weighted by atomic mass is 10.1. The van der Waals surface area contributed by atoms with Crippen molar-refractivity contribution < 1.29 is 14.3 Å². The highest BCUT2D eigenvalue weighted by Crippen LogP contribution is 2.32. The zero-order chi connectivity index (χ0) is 21.5. The van der Waals surface area contributed by atoms with Gasteiger partial charge in [-0.25, -0.2) is 0 Å². The van der Waals surface area contributed by atoms with Crippen molar-refractivity contribution in [1.82, 2.24) is 4.90 Å². The molecule has 0 spiro atoms. The van der Waals surface area contributed by atoms with E-state index in [1.807, 2.05) is 18.2 Å². The van der Waals surface area contributed by atoms with Crippen LogP contribution in [0.1, 0.15) is 30.9 Å². The van der Waals surface area contributed by atoms with Gasteiger partial charge in [0.2, 0.25) is 5.91 Å². The summed E-state index contributed by atoms with van der Waals surface area (Å²) in [5, 5.41) is 2.84. The molecule has 3 rings (SSSR count). The van der Waals surface area contributed by atoms with E-state index in [1.54, 1.807) is 36.3 Å². The Hall–Kier alpha value is -2.64. The number of ether oxygens (including phenoxy) is 1. The highest BCUT2D eigenvalue weighted by Gasteiger charge is 2.31. The number of carbonyl (C=O) groups excluding carboxylic acids is 2. The summed E-state index contributed by atoms with van der Waals surface area (Å²) in [5.41, 5.74) is 2.95. The number of anilines is 1. The van der Waals surface area contributed by atoms with E-state index in [0.717, 1.165) is 17.7 Å². The van der Waals surface area contributed by atoms with Crippen molar-refractivity contribution in [3.05, 3.63) is 64.6 Å². The number of nitrogens with zero attached hydrogens (tertiary/aromatic N) is 1. The second-order valence-corrected chi connectivity index (χ2v) is 8.48. The standard InChI is InChI=1S/C23H24N2O3S2/c1-3-16-6-8-17(9-7-16)15-20-22(27)25(23(29)30-20)14-4-5-21(26)24-18-10-12-19(28-2)13-11-18/h6-13,15H,3-5,14H2,1-2H3,(H,24,26). The molecular weight excluding hydrogens is 416 g/mol. The lowest BCUT2D eigenvalue weighted by molar-refractivity contribution is -0.122. The van der Waals surface area contributed by atoms with Gasteiger partial charge in [-0.3, -0.25) is 14.5 Å². The van der Waals surface area contributed by atoms with Gasteiger partial charge in [0.05, 0.1) is 12.0 Å². The summed E-state index contributed by atoms with van der Waals surface area (Å²) in [6, 6.07) is 15.3. The molecule has 2 aromatic carbocycles. The smallest absolute Gasteiger partial charge is 0.266 e. The molecular formula is C23H24N2O3S2. The Kier molecular flexibility index (Phi) is 7.65. The van der Waals surface area contributed by atoms with Crippen LogP contribution in [-0.4, -0.2) is 34.7 Å². The van der Waals surface area contributed by atoms with Gasteiger partial charge in [0, 0.05) is 18.7 Å². The molecule has 30 heavy (non-hydrogen) atoms. The van der Waals surface area contributed by atoms with Crippen molar-refractivity contribution in [2.75, 3.05) is 19.0 Å². The molecule has 0 atom stereocenters. The van der Waals surface area contributed by atoms with Gasteiger partial charge in [-0.05, 0) is 54.3 Å². The SMILES string of the molecule is CCc1ccc(C=C2SC(=S)N(CCCC(=O)Nc3ccc(OC)cc3)C2=O)cc1. The summed E-state index contributed by atoms with van der Waals surface area (Å²) in [6.45, 7) is 2.53. The van der Waals surface area contributed by atoms with Crippen LogP contribution in [0.25, 0.3) is 6.08 Å². The van der Waals surface area contributed by atoms with Gasteiger partial charge in [-0.2, -0.15) is 0 Å². The summed E-state index contributed by atoms with van der Waals surface area (Å²) in [6.07, 6.45) is 3.69. The maximum absolute atomic E-state index is 12.7. The lowest BCUT2D eigenvalue weighted by Crippen LogP contribution is -2.29. The fraction of sp³-hybridized carbons (Fsp3) is 0.261. The van der Waals surface area contributed by atoms with Gasteiger partial charge >= 0.3 is 0 Å². The van der Waals surface area contributed by atoms with E-state index in [1.165, 1.54) is 17.3 Å². The molecule has 1 heterocycles. The number of thiocarbonyl (C=S) groups is 1. The van der Waals surface area contributed by atoms with Gasteiger partial charge in [-0.1, -0.05) is 55.2 Å². The summed E-state index contributed by atoms with van der Waals surface area (Å²) in [7, 11) is 1.60. The van der Waals surface area contributed by atoms with Crippen LogP contribution in [0.2, 0.25) is 0 Å². The summed E-state index contributed by atoms with van der Waals surface area (Å²) in [5.74, 6) is 0.536. The number of hydrogen-bond acceptors (Lipinski definition) is 5. The van der Waals surface area contributed by atoms with Crippen molar-refractivity contribution in [1.29, 1.82) is 0 Å². The van der Waals surface area contributed by atoms with Crippen molar-refractivity contribution in [2.24, 2.45) is 0 Å². The van der Waals surface area contributed by atoms with Crippen LogP contribution in [0, 0.1) is 0 Å². The number of rotatable bonds is 8. The predicted octanol–water partition coefficient (Wildman–Crippen LogP) is 4.88. The normalized spacial score (nSPS) is 15.0. The topological polar surface area (TPSA) is 58.6 Å². The maximum atomic E-state index is 12.7. The third-order valence-corrected chi connectivity index (χ3v) is 6.10. The van der Waals surface area contributed by atoms with E-state index in [9.17, 15) is 9.59 Å². The first-order chi connectivity index (χ1) is 14.5. The average Bonchev–Trinajstić information content (AvgIpc) is 3.02. The zero-order valence-electron chi connectivity index (χ0n) is 17.0. The minimum absolute atomic E-state index is 0.0971. The fourth-order valence-corrected chi connectivity index (χ4v) is 4.30. The van der Waals surface area contributed by atoms with E-state index in [-0.39, 0.29) is 11.8 Å². The summed E-state index contributed by atoms with van der Waals surface area (Å²) < 4.78 is 5.64. The second-order valence-electron chi connectivity index (χ2n) is 6.81. The van der Waals surface area contributed by atoms with Crippen LogP contribution in [0.15, 0.2) is 53.4 Å². The van der Waals surface area contributed by atoms with Crippen LogP contribution in [0.4, 0.5) is 5.69 Å². The number of thioether (sulfide) groups is 1.